The van der Waals surface area contributed by atoms with Crippen LogP contribution in [-0.4, -0.2) is 13.3 Å². The second-order valence-electron chi connectivity index (χ2n) is 3.55. The summed E-state index contributed by atoms with van der Waals surface area (Å²) in [5, 5.41) is 0. The Morgan fingerprint density at radius 3 is 1.36 bits per heavy atom. The molecule has 14 heavy (non-hydrogen) atoms. The van der Waals surface area contributed by atoms with E-state index in [-0.39, 0.29) is 13.3 Å². The summed E-state index contributed by atoms with van der Waals surface area (Å²) in [7, 11) is 0. The number of rotatable bonds is 10. The summed E-state index contributed by atoms with van der Waals surface area (Å²) >= 11 is 0. The highest BCUT2D eigenvalue weighted by Gasteiger charge is 1.87. The second kappa shape index (κ2) is 12.6. The number of allylic oxidation sites excluding steroid dienone is 2. The van der Waals surface area contributed by atoms with Gasteiger partial charge in [0.15, 0.2) is 0 Å². The fourth-order valence-corrected chi connectivity index (χ4v) is 1.30. The van der Waals surface area contributed by atoms with Gasteiger partial charge in [-0.15, -0.1) is 0 Å². The Hall–Kier alpha value is -0.400. The molecular formula is C12H22F2. The van der Waals surface area contributed by atoms with Crippen LogP contribution >= 0.6 is 0 Å². The molecule has 0 aromatic carbocycles. The molecule has 0 amide bonds. The molecule has 0 nitrogen and oxygen atoms in total. The molecule has 0 radical (unpaired) electrons. The first kappa shape index (κ1) is 13.6. The van der Waals surface area contributed by atoms with E-state index in [9.17, 15) is 8.78 Å². The van der Waals surface area contributed by atoms with Crippen LogP contribution < -0.4 is 0 Å². The van der Waals surface area contributed by atoms with E-state index in [1.54, 1.807) is 0 Å². The smallest absolute Gasteiger partial charge is 0.0894 e. The lowest BCUT2D eigenvalue weighted by molar-refractivity contribution is 0.456. The molecule has 0 bridgehead atoms. The minimum absolute atomic E-state index is 0.188. The van der Waals surface area contributed by atoms with Gasteiger partial charge in [-0.3, -0.25) is 8.78 Å². The van der Waals surface area contributed by atoms with Gasteiger partial charge in [-0.2, -0.15) is 0 Å². The molecule has 0 heterocycles. The molecule has 0 aliphatic carbocycles. The van der Waals surface area contributed by atoms with Crippen LogP contribution in [0.2, 0.25) is 0 Å². The van der Waals surface area contributed by atoms with E-state index in [0.717, 1.165) is 38.5 Å². The lowest BCUT2D eigenvalue weighted by Crippen LogP contribution is -1.78. The molecule has 2 heteroatoms. The van der Waals surface area contributed by atoms with Gasteiger partial charge in [0.05, 0.1) is 13.3 Å². The molecule has 0 saturated carbocycles. The lowest BCUT2D eigenvalue weighted by atomic mass is 10.1. The van der Waals surface area contributed by atoms with Crippen molar-refractivity contribution in [2.75, 3.05) is 13.3 Å². The molecule has 0 fully saturated rings. The standard InChI is InChI=1S/C12H22F2/c13-11-9-7-5-3-1-2-4-6-8-10-12-14/h1-2H,3-12H2. The molecule has 0 unspecified atom stereocenters. The summed E-state index contributed by atoms with van der Waals surface area (Å²) in [6.07, 6.45) is 12.0. The van der Waals surface area contributed by atoms with E-state index in [0.29, 0.717) is 12.8 Å². The van der Waals surface area contributed by atoms with Crippen molar-refractivity contribution in [3.8, 4) is 0 Å². The average Bonchev–Trinajstić information content (AvgIpc) is 2.21. The van der Waals surface area contributed by atoms with Crippen molar-refractivity contribution in [3.05, 3.63) is 12.2 Å². The summed E-state index contributed by atoms with van der Waals surface area (Å²) in [5.41, 5.74) is 0. The molecule has 0 aromatic heterocycles. The molecule has 0 rings (SSSR count). The highest BCUT2D eigenvalue weighted by molar-refractivity contribution is 4.81. The number of hydrogen-bond donors (Lipinski definition) is 0. The van der Waals surface area contributed by atoms with Crippen LogP contribution in [-0.2, 0) is 0 Å². The SMILES string of the molecule is FCCCCCC=CCCCCCF. The Morgan fingerprint density at radius 2 is 1.00 bits per heavy atom. The normalized spacial score (nSPS) is 11.3. The summed E-state index contributed by atoms with van der Waals surface area (Å²) < 4.78 is 23.4. The molecule has 0 aromatic rings. The van der Waals surface area contributed by atoms with Crippen molar-refractivity contribution in [2.24, 2.45) is 0 Å². The number of hydrogen-bond acceptors (Lipinski definition) is 0. The minimum atomic E-state index is -0.188. The van der Waals surface area contributed by atoms with E-state index in [4.69, 9.17) is 0 Å². The van der Waals surface area contributed by atoms with Crippen molar-refractivity contribution in [3.63, 3.8) is 0 Å². The summed E-state index contributed by atoms with van der Waals surface area (Å²) in [4.78, 5) is 0. The largest absolute Gasteiger partial charge is 0.251 e. The van der Waals surface area contributed by atoms with Crippen molar-refractivity contribution in [1.29, 1.82) is 0 Å². The second-order valence-corrected chi connectivity index (χ2v) is 3.55. The summed E-state index contributed by atoms with van der Waals surface area (Å²) in [6.45, 7) is -0.375. The molecule has 84 valence electrons. The number of alkyl halides is 2. The van der Waals surface area contributed by atoms with Crippen molar-refractivity contribution in [2.45, 2.75) is 51.4 Å². The first-order valence-electron chi connectivity index (χ1n) is 5.68. The Kier molecular flexibility index (Phi) is 12.2. The first-order chi connectivity index (χ1) is 6.91. The highest BCUT2D eigenvalue weighted by Crippen LogP contribution is 2.04. The van der Waals surface area contributed by atoms with Gasteiger partial charge in [0.25, 0.3) is 0 Å². The third-order valence-corrected chi connectivity index (χ3v) is 2.18. The lowest BCUT2D eigenvalue weighted by Gasteiger charge is -1.94. The number of unbranched alkanes of at least 4 members (excludes halogenated alkanes) is 6. The van der Waals surface area contributed by atoms with Gasteiger partial charge in [-0.25, -0.2) is 0 Å². The molecule has 0 aliphatic heterocycles. The molecular weight excluding hydrogens is 182 g/mol. The Labute approximate surface area is 86.4 Å². The highest BCUT2D eigenvalue weighted by atomic mass is 19.1. The van der Waals surface area contributed by atoms with Gasteiger partial charge >= 0.3 is 0 Å². The van der Waals surface area contributed by atoms with Gasteiger partial charge in [0, 0.05) is 0 Å². The van der Waals surface area contributed by atoms with E-state index >= 15 is 0 Å². The van der Waals surface area contributed by atoms with E-state index < -0.39 is 0 Å². The van der Waals surface area contributed by atoms with E-state index in [2.05, 4.69) is 12.2 Å². The van der Waals surface area contributed by atoms with Crippen LogP contribution in [0.5, 0.6) is 0 Å². The van der Waals surface area contributed by atoms with Crippen LogP contribution in [0.4, 0.5) is 8.78 Å². The van der Waals surface area contributed by atoms with Gasteiger partial charge in [-0.1, -0.05) is 25.0 Å². The topological polar surface area (TPSA) is 0 Å². The molecule has 0 spiro atoms. The number of halogens is 2. The van der Waals surface area contributed by atoms with Gasteiger partial charge in [0.1, 0.15) is 0 Å². The maximum absolute atomic E-state index is 11.7. The third-order valence-electron chi connectivity index (χ3n) is 2.18. The van der Waals surface area contributed by atoms with Crippen LogP contribution in [0, 0.1) is 0 Å². The zero-order valence-corrected chi connectivity index (χ0v) is 8.98. The fourth-order valence-electron chi connectivity index (χ4n) is 1.30. The predicted molar refractivity (Wildman–Crippen MR) is 58.0 cm³/mol. The van der Waals surface area contributed by atoms with E-state index in [1.165, 1.54) is 0 Å². The molecule has 0 saturated heterocycles. The minimum Gasteiger partial charge on any atom is -0.251 e. The maximum atomic E-state index is 11.7. The molecule has 0 N–H and O–H groups in total. The zero-order chi connectivity index (χ0) is 10.5. The van der Waals surface area contributed by atoms with Crippen molar-refractivity contribution >= 4 is 0 Å². The fraction of sp³-hybridized carbons (Fsp3) is 0.833. The van der Waals surface area contributed by atoms with Gasteiger partial charge < -0.3 is 0 Å². The van der Waals surface area contributed by atoms with Crippen LogP contribution in [0.3, 0.4) is 0 Å². The van der Waals surface area contributed by atoms with Crippen molar-refractivity contribution in [1.82, 2.24) is 0 Å². The van der Waals surface area contributed by atoms with Gasteiger partial charge in [0.2, 0.25) is 0 Å². The quantitative estimate of drug-likeness (QED) is 0.360. The Bertz CT molecular complexity index is 107. The van der Waals surface area contributed by atoms with Crippen LogP contribution in [0.1, 0.15) is 51.4 Å². The Balaban J connectivity index is 2.96. The molecule has 0 atom stereocenters. The van der Waals surface area contributed by atoms with Crippen LogP contribution in [0.15, 0.2) is 12.2 Å². The van der Waals surface area contributed by atoms with Crippen LogP contribution in [0.25, 0.3) is 0 Å². The first-order valence-corrected chi connectivity index (χ1v) is 5.68. The third kappa shape index (κ3) is 11.6. The zero-order valence-electron chi connectivity index (χ0n) is 8.98. The monoisotopic (exact) mass is 204 g/mol. The van der Waals surface area contributed by atoms with Crippen molar-refractivity contribution < 1.29 is 8.78 Å². The van der Waals surface area contributed by atoms with Gasteiger partial charge in [-0.05, 0) is 38.5 Å². The predicted octanol–water partition coefficient (Wildman–Crippen LogP) is 4.60. The average molecular weight is 204 g/mol. The Morgan fingerprint density at radius 1 is 0.571 bits per heavy atom. The summed E-state index contributed by atoms with van der Waals surface area (Å²) in [6, 6.07) is 0. The molecule has 0 aliphatic rings. The maximum Gasteiger partial charge on any atom is 0.0894 e. The van der Waals surface area contributed by atoms with E-state index in [1.807, 2.05) is 0 Å². The summed E-state index contributed by atoms with van der Waals surface area (Å²) in [5.74, 6) is 0.